The second-order valence-corrected chi connectivity index (χ2v) is 13.2. The van der Waals surface area contributed by atoms with Gasteiger partial charge in [0.1, 0.15) is 32.0 Å². The molecule has 3 aromatic carbocycles. The van der Waals surface area contributed by atoms with E-state index >= 15 is 0 Å². The van der Waals surface area contributed by atoms with Crippen molar-refractivity contribution < 1.29 is 66.7 Å². The van der Waals surface area contributed by atoms with Gasteiger partial charge < -0.3 is 43.2 Å². The molecule has 0 radical (unpaired) electrons. The van der Waals surface area contributed by atoms with Crippen molar-refractivity contribution in [2.45, 2.75) is 83.4 Å². The molecule has 1 heterocycles. The predicted octanol–water partition coefficient (Wildman–Crippen LogP) is 4.68. The number of fused-ring (bicyclic) bond motifs is 3. The van der Waals surface area contributed by atoms with Crippen LogP contribution >= 0.6 is 0 Å². The third kappa shape index (κ3) is 11.7. The molecule has 0 bridgehead atoms. The van der Waals surface area contributed by atoms with Crippen LogP contribution in [0.4, 0.5) is 4.79 Å². The van der Waals surface area contributed by atoms with Crippen LogP contribution in [0, 0.1) is 0 Å². The molecule has 0 spiro atoms. The number of rotatable bonds is 16. The van der Waals surface area contributed by atoms with E-state index < -0.39 is 79.3 Å². The van der Waals surface area contributed by atoms with E-state index in [-0.39, 0.29) is 32.2 Å². The molecule has 2 unspecified atom stereocenters. The molecule has 0 saturated carbocycles. The Balaban J connectivity index is 1.26. The smallest absolute Gasteiger partial charge is 0.407 e. The minimum Gasteiger partial charge on any atom is -0.463 e. The lowest BCUT2D eigenvalue weighted by Crippen LogP contribution is -2.62. The molecular formula is C42H45NO14. The van der Waals surface area contributed by atoms with Gasteiger partial charge in [-0.15, -0.1) is 0 Å². The average molecular weight is 788 g/mol. The van der Waals surface area contributed by atoms with Gasteiger partial charge in [0.05, 0.1) is 6.61 Å². The Hall–Kier alpha value is -6.06. The molecule has 1 aliphatic carbocycles. The number of hydrogen-bond donors (Lipinski definition) is 1. The zero-order chi connectivity index (χ0) is 40.9. The van der Waals surface area contributed by atoms with Crippen molar-refractivity contribution in [2.75, 3.05) is 19.8 Å². The molecule has 2 aliphatic rings. The van der Waals surface area contributed by atoms with Gasteiger partial charge in [0.25, 0.3) is 0 Å². The van der Waals surface area contributed by atoms with Gasteiger partial charge in [-0.05, 0) is 34.2 Å². The van der Waals surface area contributed by atoms with Gasteiger partial charge in [0, 0.05) is 33.6 Å². The van der Waals surface area contributed by atoms with Crippen molar-refractivity contribution in [3.8, 4) is 11.1 Å². The molecule has 302 valence electrons. The molecule has 6 atom stereocenters. The lowest BCUT2D eigenvalue weighted by atomic mass is 9.98. The Kier molecular flexibility index (Phi) is 14.9. The molecule has 1 fully saturated rings. The lowest BCUT2D eigenvalue weighted by Gasteiger charge is -2.43. The zero-order valence-corrected chi connectivity index (χ0v) is 32.0. The molecular weight excluding hydrogens is 742 g/mol. The quantitative estimate of drug-likeness (QED) is 0.120. The highest BCUT2D eigenvalue weighted by Gasteiger charge is 2.52. The van der Waals surface area contributed by atoms with E-state index in [4.69, 9.17) is 37.9 Å². The van der Waals surface area contributed by atoms with Crippen molar-refractivity contribution in [1.29, 1.82) is 0 Å². The van der Waals surface area contributed by atoms with Gasteiger partial charge in [-0.1, -0.05) is 91.0 Å². The number of carbonyl (C=O) groups excluding carboxylic acids is 6. The standard InChI is InChI=1S/C42H45NO14/c1-25(44)51-24-36-37(54-26(2)45)38(55-27(3)46)39(56-28(4)47)41(57-36)50-21-13-12-20-35(40(48)52-22-29-14-6-5-7-15-29)43-42(49)53-23-34-32-18-10-8-16-30(32)31-17-9-11-19-33(31)34/h5-19,34-39,41H,20-24H2,1-4H3,(H,43,49)/b13-12+/t35-,36?,37-,38-,39?,41+/m0/s1. The summed E-state index contributed by atoms with van der Waals surface area (Å²) in [6.45, 7) is 3.91. The van der Waals surface area contributed by atoms with Crippen LogP contribution in [0.15, 0.2) is 91.0 Å². The molecule has 15 nitrogen and oxygen atoms in total. The van der Waals surface area contributed by atoms with Crippen molar-refractivity contribution in [1.82, 2.24) is 5.32 Å². The van der Waals surface area contributed by atoms with Crippen LogP contribution in [0.3, 0.4) is 0 Å². The molecule has 5 rings (SSSR count). The highest BCUT2D eigenvalue weighted by molar-refractivity contribution is 5.82. The van der Waals surface area contributed by atoms with Crippen molar-refractivity contribution in [2.24, 2.45) is 0 Å². The molecule has 1 saturated heterocycles. The molecule has 1 amide bonds. The fraction of sp³-hybridized carbons (Fsp3) is 0.381. The number of esters is 5. The van der Waals surface area contributed by atoms with E-state index in [2.05, 4.69) is 5.32 Å². The predicted molar refractivity (Wildman–Crippen MR) is 200 cm³/mol. The Labute approximate surface area is 329 Å². The fourth-order valence-corrected chi connectivity index (χ4v) is 6.60. The summed E-state index contributed by atoms with van der Waals surface area (Å²) in [6, 6.07) is 23.7. The zero-order valence-electron chi connectivity index (χ0n) is 32.0. The number of ether oxygens (including phenoxy) is 8. The van der Waals surface area contributed by atoms with Gasteiger partial charge in [-0.3, -0.25) is 19.2 Å². The summed E-state index contributed by atoms with van der Waals surface area (Å²) in [6.07, 6.45) is -4.52. The van der Waals surface area contributed by atoms with Gasteiger partial charge in [-0.25, -0.2) is 9.59 Å². The van der Waals surface area contributed by atoms with Crippen LogP contribution in [0.5, 0.6) is 0 Å². The van der Waals surface area contributed by atoms with Crippen LogP contribution in [-0.4, -0.2) is 92.5 Å². The topological polar surface area (TPSA) is 188 Å². The van der Waals surface area contributed by atoms with Crippen LogP contribution in [0.25, 0.3) is 11.1 Å². The Morgan fingerprint density at radius 1 is 0.649 bits per heavy atom. The molecule has 15 heteroatoms. The summed E-state index contributed by atoms with van der Waals surface area (Å²) >= 11 is 0. The molecule has 3 aromatic rings. The molecule has 0 aromatic heterocycles. The van der Waals surface area contributed by atoms with Gasteiger partial charge in [0.15, 0.2) is 24.6 Å². The highest BCUT2D eigenvalue weighted by Crippen LogP contribution is 2.44. The molecule has 57 heavy (non-hydrogen) atoms. The van der Waals surface area contributed by atoms with Gasteiger partial charge >= 0.3 is 35.9 Å². The average Bonchev–Trinajstić information content (AvgIpc) is 3.50. The summed E-state index contributed by atoms with van der Waals surface area (Å²) in [5.74, 6) is -3.88. The molecule has 1 aliphatic heterocycles. The monoisotopic (exact) mass is 787 g/mol. The largest absolute Gasteiger partial charge is 0.463 e. The van der Waals surface area contributed by atoms with E-state index in [1.807, 2.05) is 66.7 Å². The number of benzene rings is 3. The number of amides is 1. The Bertz CT molecular complexity index is 1880. The summed E-state index contributed by atoms with van der Waals surface area (Å²) in [4.78, 5) is 74.4. The number of alkyl carbamates (subject to hydrolysis) is 1. The van der Waals surface area contributed by atoms with E-state index in [0.717, 1.165) is 48.6 Å². The minimum atomic E-state index is -1.41. The van der Waals surface area contributed by atoms with E-state index in [1.165, 1.54) is 13.0 Å². The third-order valence-electron chi connectivity index (χ3n) is 8.99. The van der Waals surface area contributed by atoms with Crippen molar-refractivity contribution in [3.05, 3.63) is 108 Å². The molecule has 1 N–H and O–H groups in total. The second kappa shape index (κ2) is 20.2. The summed E-state index contributed by atoms with van der Waals surface area (Å²) in [5.41, 5.74) is 4.95. The summed E-state index contributed by atoms with van der Waals surface area (Å²) in [7, 11) is 0. The van der Waals surface area contributed by atoms with Crippen LogP contribution in [0.1, 0.15) is 56.7 Å². The van der Waals surface area contributed by atoms with Crippen molar-refractivity contribution in [3.63, 3.8) is 0 Å². The SMILES string of the molecule is CC(=O)OCC1O[C@@H](OC/C=C/C[C@H](NC(=O)OCC2c3ccccc3-c3ccccc32)C(=O)OCc2ccccc2)C(OC(C)=O)[C@@H](OC(C)=O)[C@H]1OC(C)=O. The normalized spacial score (nSPS) is 20.3. The minimum absolute atomic E-state index is 0.0295. The first-order valence-electron chi connectivity index (χ1n) is 18.3. The van der Waals surface area contributed by atoms with Gasteiger partial charge in [-0.2, -0.15) is 0 Å². The fourth-order valence-electron chi connectivity index (χ4n) is 6.60. The lowest BCUT2D eigenvalue weighted by molar-refractivity contribution is -0.305. The first-order valence-corrected chi connectivity index (χ1v) is 18.3. The van der Waals surface area contributed by atoms with E-state index in [9.17, 15) is 28.8 Å². The second-order valence-electron chi connectivity index (χ2n) is 13.2. The van der Waals surface area contributed by atoms with Crippen LogP contribution < -0.4 is 5.32 Å². The first kappa shape index (κ1) is 42.1. The Morgan fingerprint density at radius 3 is 1.84 bits per heavy atom. The van der Waals surface area contributed by atoms with Crippen LogP contribution in [0.2, 0.25) is 0 Å². The third-order valence-corrected chi connectivity index (χ3v) is 8.99. The van der Waals surface area contributed by atoms with Crippen molar-refractivity contribution >= 4 is 35.9 Å². The number of nitrogens with one attached hydrogen (secondary N) is 1. The Morgan fingerprint density at radius 2 is 1.23 bits per heavy atom. The summed E-state index contributed by atoms with van der Waals surface area (Å²) in [5, 5.41) is 2.63. The maximum absolute atomic E-state index is 13.3. The maximum Gasteiger partial charge on any atom is 0.407 e. The van der Waals surface area contributed by atoms with E-state index in [1.54, 1.807) is 18.2 Å². The number of hydrogen-bond acceptors (Lipinski definition) is 14. The van der Waals surface area contributed by atoms with Gasteiger partial charge in [0.2, 0.25) is 0 Å². The van der Waals surface area contributed by atoms with Crippen LogP contribution in [-0.2, 0) is 68.5 Å². The number of carbonyl (C=O) groups is 6. The van der Waals surface area contributed by atoms with E-state index in [0.29, 0.717) is 0 Å². The maximum atomic E-state index is 13.3. The highest BCUT2D eigenvalue weighted by atomic mass is 16.7. The first-order chi connectivity index (χ1) is 27.4. The summed E-state index contributed by atoms with van der Waals surface area (Å²) < 4.78 is 44.4.